The number of hydrogen-bond donors (Lipinski definition) is 0. The maximum Gasteiger partial charge on any atom is 0.474 e. The number of phosphoric ester groups is 1. The Morgan fingerprint density at radius 2 is 0.792 bits per heavy atom. The van der Waals surface area contributed by atoms with Gasteiger partial charge in [-0.3, -0.25) is 13.6 Å². The van der Waals surface area contributed by atoms with Gasteiger partial charge in [-0.1, -0.05) is 85.0 Å². The van der Waals surface area contributed by atoms with Crippen molar-refractivity contribution in [2.24, 2.45) is 0 Å². The van der Waals surface area contributed by atoms with Crippen molar-refractivity contribution in [2.75, 3.05) is 19.8 Å². The van der Waals surface area contributed by atoms with E-state index in [4.69, 9.17) is 13.6 Å². The van der Waals surface area contributed by atoms with E-state index in [0.717, 1.165) is 38.5 Å². The van der Waals surface area contributed by atoms with Crippen LogP contribution in [0.5, 0.6) is 0 Å². The quantitative estimate of drug-likeness (QED) is 0.178. The average molecular weight is 365 g/mol. The molecule has 0 heterocycles. The van der Waals surface area contributed by atoms with Crippen molar-refractivity contribution < 1.29 is 18.1 Å². The SMILES string of the molecule is CCCCCCCOP(=O)(OCCCCCC)OCCCCCC. The number of phosphoric acid groups is 1. The summed E-state index contributed by atoms with van der Waals surface area (Å²) in [6, 6.07) is 0. The number of unbranched alkanes of at least 4 members (excludes halogenated alkanes) is 10. The minimum Gasteiger partial charge on any atom is -0.287 e. The zero-order valence-electron chi connectivity index (χ0n) is 16.4. The first-order valence-electron chi connectivity index (χ1n) is 10.2. The van der Waals surface area contributed by atoms with Gasteiger partial charge >= 0.3 is 7.82 Å². The molecule has 0 aromatic carbocycles. The highest BCUT2D eigenvalue weighted by Crippen LogP contribution is 2.50. The summed E-state index contributed by atoms with van der Waals surface area (Å²) in [6.45, 7) is 7.93. The summed E-state index contributed by atoms with van der Waals surface area (Å²) >= 11 is 0. The van der Waals surface area contributed by atoms with Crippen LogP contribution in [-0.2, 0) is 18.1 Å². The number of rotatable bonds is 19. The molecule has 0 aliphatic rings. The molecule has 5 heteroatoms. The van der Waals surface area contributed by atoms with E-state index in [0.29, 0.717) is 19.8 Å². The van der Waals surface area contributed by atoms with Gasteiger partial charge in [-0.15, -0.1) is 0 Å². The lowest BCUT2D eigenvalue weighted by molar-refractivity contribution is 0.108. The topological polar surface area (TPSA) is 44.8 Å². The third-order valence-electron chi connectivity index (χ3n) is 3.99. The van der Waals surface area contributed by atoms with Gasteiger partial charge in [0.2, 0.25) is 0 Å². The smallest absolute Gasteiger partial charge is 0.287 e. The van der Waals surface area contributed by atoms with E-state index in [1.807, 2.05) is 0 Å². The molecule has 0 rings (SSSR count). The van der Waals surface area contributed by atoms with Crippen molar-refractivity contribution in [2.45, 2.75) is 104 Å². The molecule has 0 saturated carbocycles. The molecule has 0 atom stereocenters. The normalized spacial score (nSPS) is 12.0. The predicted molar refractivity (Wildman–Crippen MR) is 103 cm³/mol. The number of hydrogen-bond acceptors (Lipinski definition) is 4. The van der Waals surface area contributed by atoms with Crippen LogP contribution in [0.3, 0.4) is 0 Å². The van der Waals surface area contributed by atoms with Crippen LogP contribution in [0.25, 0.3) is 0 Å². The van der Waals surface area contributed by atoms with Crippen LogP contribution in [0.1, 0.15) is 104 Å². The monoisotopic (exact) mass is 364 g/mol. The van der Waals surface area contributed by atoms with Crippen LogP contribution in [0.2, 0.25) is 0 Å². The second-order valence-corrected chi connectivity index (χ2v) is 8.15. The van der Waals surface area contributed by atoms with E-state index in [9.17, 15) is 4.57 Å². The van der Waals surface area contributed by atoms with E-state index in [2.05, 4.69) is 20.8 Å². The van der Waals surface area contributed by atoms with Crippen molar-refractivity contribution in [3.8, 4) is 0 Å². The van der Waals surface area contributed by atoms with E-state index in [1.165, 1.54) is 44.9 Å². The van der Waals surface area contributed by atoms with Gasteiger partial charge in [-0.25, -0.2) is 4.57 Å². The van der Waals surface area contributed by atoms with Crippen molar-refractivity contribution in [1.82, 2.24) is 0 Å². The third kappa shape index (κ3) is 15.6. The molecule has 0 fully saturated rings. The molecule has 146 valence electrons. The highest BCUT2D eigenvalue weighted by atomic mass is 31.2. The molecule has 0 saturated heterocycles. The van der Waals surface area contributed by atoms with Gasteiger partial charge < -0.3 is 0 Å². The van der Waals surface area contributed by atoms with Gasteiger partial charge in [0, 0.05) is 0 Å². The minimum absolute atomic E-state index is 0.460. The van der Waals surface area contributed by atoms with Crippen LogP contribution in [-0.4, -0.2) is 19.8 Å². The molecule has 4 nitrogen and oxygen atoms in total. The summed E-state index contributed by atoms with van der Waals surface area (Å²) in [4.78, 5) is 0. The van der Waals surface area contributed by atoms with Crippen LogP contribution in [0.4, 0.5) is 0 Å². The molecule has 0 aliphatic heterocycles. The summed E-state index contributed by atoms with van der Waals surface area (Å²) in [5.74, 6) is 0. The fraction of sp³-hybridized carbons (Fsp3) is 1.00. The molecular formula is C19H41O4P. The average Bonchev–Trinajstić information content (AvgIpc) is 2.58. The fourth-order valence-electron chi connectivity index (χ4n) is 2.40. The van der Waals surface area contributed by atoms with Crippen LogP contribution < -0.4 is 0 Å². The van der Waals surface area contributed by atoms with Gasteiger partial charge in [-0.2, -0.15) is 0 Å². The molecule has 0 unspecified atom stereocenters. The first-order valence-corrected chi connectivity index (χ1v) is 11.7. The molecular weight excluding hydrogens is 323 g/mol. The second-order valence-electron chi connectivity index (χ2n) is 6.48. The van der Waals surface area contributed by atoms with Gasteiger partial charge in [0.25, 0.3) is 0 Å². The first kappa shape index (κ1) is 24.1. The molecule has 0 aromatic heterocycles. The van der Waals surface area contributed by atoms with E-state index < -0.39 is 7.82 Å². The Morgan fingerprint density at radius 3 is 1.12 bits per heavy atom. The van der Waals surface area contributed by atoms with Crippen LogP contribution >= 0.6 is 7.82 Å². The molecule has 0 bridgehead atoms. The first-order chi connectivity index (χ1) is 11.7. The van der Waals surface area contributed by atoms with Crippen molar-refractivity contribution in [3.63, 3.8) is 0 Å². The van der Waals surface area contributed by atoms with Gasteiger partial charge in [0.05, 0.1) is 19.8 Å². The minimum atomic E-state index is -3.37. The molecule has 0 aromatic rings. The lowest BCUT2D eigenvalue weighted by Crippen LogP contribution is -2.04. The van der Waals surface area contributed by atoms with Crippen molar-refractivity contribution in [3.05, 3.63) is 0 Å². The van der Waals surface area contributed by atoms with E-state index in [-0.39, 0.29) is 0 Å². The Balaban J connectivity index is 4.03. The van der Waals surface area contributed by atoms with Crippen LogP contribution in [0, 0.1) is 0 Å². The summed E-state index contributed by atoms with van der Waals surface area (Å²) in [5, 5.41) is 0. The van der Waals surface area contributed by atoms with Gasteiger partial charge in [-0.05, 0) is 19.3 Å². The molecule has 0 N–H and O–H groups in total. The van der Waals surface area contributed by atoms with E-state index in [1.54, 1.807) is 0 Å². The Labute approximate surface area is 150 Å². The zero-order valence-corrected chi connectivity index (χ0v) is 17.3. The zero-order chi connectivity index (χ0) is 17.9. The van der Waals surface area contributed by atoms with Gasteiger partial charge in [0.15, 0.2) is 0 Å². The Bertz CT molecular complexity index is 279. The summed E-state index contributed by atoms with van der Waals surface area (Å²) in [6.07, 6.45) is 14.5. The highest BCUT2D eigenvalue weighted by molar-refractivity contribution is 7.48. The summed E-state index contributed by atoms with van der Waals surface area (Å²) in [5.41, 5.74) is 0. The second kappa shape index (κ2) is 17.9. The standard InChI is InChI=1S/C19H41O4P/c1-4-7-10-13-16-19-23-24(20,21-17-14-11-8-5-2)22-18-15-12-9-6-3/h4-19H2,1-3H3. The van der Waals surface area contributed by atoms with E-state index >= 15 is 0 Å². The Morgan fingerprint density at radius 1 is 0.500 bits per heavy atom. The Kier molecular flexibility index (Phi) is 18.0. The molecule has 24 heavy (non-hydrogen) atoms. The lowest BCUT2D eigenvalue weighted by atomic mass is 10.2. The molecule has 0 amide bonds. The maximum atomic E-state index is 12.7. The van der Waals surface area contributed by atoms with Crippen molar-refractivity contribution >= 4 is 7.82 Å². The highest BCUT2D eigenvalue weighted by Gasteiger charge is 2.26. The molecule has 0 spiro atoms. The third-order valence-corrected chi connectivity index (χ3v) is 5.49. The largest absolute Gasteiger partial charge is 0.474 e. The molecule has 0 radical (unpaired) electrons. The maximum absolute atomic E-state index is 12.7. The lowest BCUT2D eigenvalue weighted by Gasteiger charge is -2.18. The Hall–Kier alpha value is 0.110. The fourth-order valence-corrected chi connectivity index (χ4v) is 3.69. The van der Waals surface area contributed by atoms with Gasteiger partial charge in [0.1, 0.15) is 0 Å². The van der Waals surface area contributed by atoms with Crippen molar-refractivity contribution in [1.29, 1.82) is 0 Å². The van der Waals surface area contributed by atoms with Crippen LogP contribution in [0.15, 0.2) is 0 Å². The molecule has 0 aliphatic carbocycles. The predicted octanol–water partition coefficient (Wildman–Crippen LogP) is 7.28. The summed E-state index contributed by atoms with van der Waals surface area (Å²) < 4.78 is 29.3. The summed E-state index contributed by atoms with van der Waals surface area (Å²) in [7, 11) is -3.37.